The van der Waals surface area contributed by atoms with Crippen LogP contribution in [0.15, 0.2) is 30.3 Å². The van der Waals surface area contributed by atoms with Crippen molar-refractivity contribution in [2.75, 3.05) is 19.7 Å². The summed E-state index contributed by atoms with van der Waals surface area (Å²) in [4.78, 5) is 37.4. The lowest BCUT2D eigenvalue weighted by Crippen LogP contribution is -2.47. The molecule has 7 heteroatoms. The predicted molar refractivity (Wildman–Crippen MR) is 97.4 cm³/mol. The maximum atomic E-state index is 12.1. The second-order valence-corrected chi connectivity index (χ2v) is 6.40. The molecule has 3 amide bonds. The topological polar surface area (TPSA) is 87.7 Å². The van der Waals surface area contributed by atoms with E-state index in [1.165, 1.54) is 0 Å². The van der Waals surface area contributed by atoms with Crippen molar-refractivity contribution in [3.63, 3.8) is 0 Å². The van der Waals surface area contributed by atoms with Crippen molar-refractivity contribution >= 4 is 17.9 Å². The Morgan fingerprint density at radius 1 is 1.15 bits per heavy atom. The van der Waals surface area contributed by atoms with Crippen LogP contribution in [0, 0.1) is 0 Å². The number of likely N-dealkylation sites (tertiary alicyclic amines) is 1. The van der Waals surface area contributed by atoms with Gasteiger partial charge in [0.05, 0.1) is 12.6 Å². The van der Waals surface area contributed by atoms with Crippen LogP contribution < -0.4 is 10.6 Å². The van der Waals surface area contributed by atoms with Gasteiger partial charge in [0.25, 0.3) is 0 Å². The lowest BCUT2D eigenvalue weighted by atomic mass is 10.1. The normalized spacial score (nSPS) is 15.8. The van der Waals surface area contributed by atoms with Crippen LogP contribution in [-0.2, 0) is 14.3 Å². The zero-order valence-corrected chi connectivity index (χ0v) is 15.4. The number of carbonyl (C=O) groups excluding carboxylic acids is 3. The summed E-state index contributed by atoms with van der Waals surface area (Å²) in [6.45, 7) is 5.10. The van der Waals surface area contributed by atoms with Crippen molar-refractivity contribution in [1.82, 2.24) is 15.5 Å². The van der Waals surface area contributed by atoms with Crippen molar-refractivity contribution in [3.8, 4) is 0 Å². The molecule has 0 saturated carbocycles. The van der Waals surface area contributed by atoms with Gasteiger partial charge in [-0.15, -0.1) is 0 Å². The van der Waals surface area contributed by atoms with Crippen LogP contribution in [0.4, 0.5) is 4.79 Å². The molecule has 142 valence electrons. The molecule has 2 rings (SSSR count). The molecule has 1 aliphatic heterocycles. The van der Waals surface area contributed by atoms with Crippen molar-refractivity contribution in [3.05, 3.63) is 35.9 Å². The van der Waals surface area contributed by atoms with Gasteiger partial charge >= 0.3 is 6.09 Å². The lowest BCUT2D eigenvalue weighted by Gasteiger charge is -2.31. The number of hydrogen-bond donors (Lipinski definition) is 2. The molecule has 0 aromatic heterocycles. The molecule has 1 unspecified atom stereocenters. The Morgan fingerprint density at radius 3 is 2.42 bits per heavy atom. The molecule has 1 aliphatic rings. The number of benzene rings is 1. The van der Waals surface area contributed by atoms with E-state index >= 15 is 0 Å². The number of nitrogens with one attached hydrogen (secondary N) is 2. The first-order valence-electron chi connectivity index (χ1n) is 9.05. The number of carbonyl (C=O) groups is 3. The molecule has 1 atom stereocenters. The first-order valence-corrected chi connectivity index (χ1v) is 9.05. The van der Waals surface area contributed by atoms with Crippen LogP contribution >= 0.6 is 0 Å². The fourth-order valence-electron chi connectivity index (χ4n) is 2.96. The standard InChI is InChI=1S/C19H27N3O4/c1-3-26-19(25)22-11-9-16(10-12-22)21-18(24)13-17(23)20-14(2)15-7-5-4-6-8-15/h4-8,14,16H,3,9-13H2,1-2H3,(H,20,23)(H,21,24). The van der Waals surface area contributed by atoms with Crippen LogP contribution in [0.1, 0.15) is 44.7 Å². The molecule has 0 bridgehead atoms. The van der Waals surface area contributed by atoms with E-state index in [1.807, 2.05) is 37.3 Å². The molecule has 1 saturated heterocycles. The Labute approximate surface area is 154 Å². The summed E-state index contributed by atoms with van der Waals surface area (Å²) in [6, 6.07) is 9.43. The van der Waals surface area contributed by atoms with E-state index < -0.39 is 0 Å². The molecule has 0 aliphatic carbocycles. The highest BCUT2D eigenvalue weighted by Crippen LogP contribution is 2.13. The maximum absolute atomic E-state index is 12.1. The summed E-state index contributed by atoms with van der Waals surface area (Å²) in [5, 5.41) is 5.71. The molecule has 26 heavy (non-hydrogen) atoms. The van der Waals surface area contributed by atoms with E-state index in [0.29, 0.717) is 32.5 Å². The highest BCUT2D eigenvalue weighted by Gasteiger charge is 2.25. The molecule has 7 nitrogen and oxygen atoms in total. The first kappa shape index (κ1) is 19.8. The zero-order valence-electron chi connectivity index (χ0n) is 15.4. The Bertz CT molecular complexity index is 612. The van der Waals surface area contributed by atoms with E-state index in [-0.39, 0.29) is 36.4 Å². The summed E-state index contributed by atoms with van der Waals surface area (Å²) in [5.41, 5.74) is 0.993. The van der Waals surface area contributed by atoms with Gasteiger partial charge in [0.2, 0.25) is 11.8 Å². The number of rotatable bonds is 6. The summed E-state index contributed by atoms with van der Waals surface area (Å²) < 4.78 is 4.97. The molecule has 2 N–H and O–H groups in total. The van der Waals surface area contributed by atoms with Crippen LogP contribution in [0.5, 0.6) is 0 Å². The third kappa shape index (κ3) is 6.06. The SMILES string of the molecule is CCOC(=O)N1CCC(NC(=O)CC(=O)NC(C)c2ccccc2)CC1. The average molecular weight is 361 g/mol. The third-order valence-corrected chi connectivity index (χ3v) is 4.38. The number of ether oxygens (including phenoxy) is 1. The first-order chi connectivity index (χ1) is 12.5. The lowest BCUT2D eigenvalue weighted by molar-refractivity contribution is -0.130. The second kappa shape index (κ2) is 9.79. The van der Waals surface area contributed by atoms with Gasteiger partial charge in [0.1, 0.15) is 6.42 Å². The molecule has 1 fully saturated rings. The van der Waals surface area contributed by atoms with Gasteiger partial charge in [0, 0.05) is 19.1 Å². The molecule has 1 heterocycles. The summed E-state index contributed by atoms with van der Waals surface area (Å²) in [7, 11) is 0. The zero-order chi connectivity index (χ0) is 18.9. The van der Waals surface area contributed by atoms with Crippen molar-refractivity contribution in [2.45, 2.75) is 45.2 Å². The summed E-state index contributed by atoms with van der Waals surface area (Å²) in [5.74, 6) is -0.597. The highest BCUT2D eigenvalue weighted by atomic mass is 16.6. The second-order valence-electron chi connectivity index (χ2n) is 6.40. The third-order valence-electron chi connectivity index (χ3n) is 4.38. The molecule has 0 spiro atoms. The predicted octanol–water partition coefficient (Wildman–Crippen LogP) is 1.99. The van der Waals surface area contributed by atoms with Crippen LogP contribution in [0.25, 0.3) is 0 Å². The van der Waals surface area contributed by atoms with E-state index in [1.54, 1.807) is 11.8 Å². The summed E-state index contributed by atoms with van der Waals surface area (Å²) in [6.07, 6.45) is 0.806. The van der Waals surface area contributed by atoms with E-state index in [2.05, 4.69) is 10.6 Å². The molecular formula is C19H27N3O4. The van der Waals surface area contributed by atoms with Gasteiger partial charge in [-0.05, 0) is 32.3 Å². The van der Waals surface area contributed by atoms with Gasteiger partial charge in [-0.25, -0.2) is 4.79 Å². The van der Waals surface area contributed by atoms with Crippen molar-refractivity contribution in [1.29, 1.82) is 0 Å². The minimum Gasteiger partial charge on any atom is -0.450 e. The van der Waals surface area contributed by atoms with Crippen LogP contribution in [0.2, 0.25) is 0 Å². The van der Waals surface area contributed by atoms with E-state index in [9.17, 15) is 14.4 Å². The molecule has 1 aromatic carbocycles. The monoisotopic (exact) mass is 361 g/mol. The Kier molecular flexibility index (Phi) is 7.44. The molecule has 1 aromatic rings. The van der Waals surface area contributed by atoms with Crippen LogP contribution in [0.3, 0.4) is 0 Å². The highest BCUT2D eigenvalue weighted by molar-refractivity contribution is 5.97. The fraction of sp³-hybridized carbons (Fsp3) is 0.526. The van der Waals surface area contributed by atoms with E-state index in [4.69, 9.17) is 4.74 Å². The summed E-state index contributed by atoms with van der Waals surface area (Å²) >= 11 is 0. The Balaban J connectivity index is 1.70. The van der Waals surface area contributed by atoms with Crippen molar-refractivity contribution in [2.24, 2.45) is 0 Å². The number of nitrogens with zero attached hydrogens (tertiary/aromatic N) is 1. The largest absolute Gasteiger partial charge is 0.450 e. The van der Waals surface area contributed by atoms with E-state index in [0.717, 1.165) is 5.56 Å². The Hall–Kier alpha value is -2.57. The van der Waals surface area contributed by atoms with Crippen molar-refractivity contribution < 1.29 is 19.1 Å². The van der Waals surface area contributed by atoms with Gasteiger partial charge in [0.15, 0.2) is 0 Å². The minimum atomic E-state index is -0.313. The molecular weight excluding hydrogens is 334 g/mol. The quantitative estimate of drug-likeness (QED) is 0.759. The molecule has 0 radical (unpaired) electrons. The number of hydrogen-bond acceptors (Lipinski definition) is 4. The maximum Gasteiger partial charge on any atom is 0.409 e. The smallest absolute Gasteiger partial charge is 0.409 e. The number of amides is 3. The van der Waals surface area contributed by atoms with Gasteiger partial charge < -0.3 is 20.3 Å². The number of piperidine rings is 1. The average Bonchev–Trinajstić information content (AvgIpc) is 2.63. The van der Waals surface area contributed by atoms with Crippen LogP contribution in [-0.4, -0.2) is 48.5 Å². The van der Waals surface area contributed by atoms with Gasteiger partial charge in [-0.1, -0.05) is 30.3 Å². The van der Waals surface area contributed by atoms with Gasteiger partial charge in [-0.2, -0.15) is 0 Å². The van der Waals surface area contributed by atoms with Gasteiger partial charge in [-0.3, -0.25) is 9.59 Å². The minimum absolute atomic E-state index is 0.0208. The Morgan fingerprint density at radius 2 is 1.81 bits per heavy atom. The fourth-order valence-corrected chi connectivity index (χ4v) is 2.96.